The number of methoxy groups -OCH3 is 1. The van der Waals surface area contributed by atoms with Crippen LogP contribution in [0.15, 0.2) is 6.20 Å². The fourth-order valence-corrected chi connectivity index (χ4v) is 2.17. The van der Waals surface area contributed by atoms with Gasteiger partial charge in [0.1, 0.15) is 6.61 Å². The summed E-state index contributed by atoms with van der Waals surface area (Å²) >= 11 is 0. The van der Waals surface area contributed by atoms with Crippen molar-refractivity contribution in [2.24, 2.45) is 0 Å². The average molecular weight is 305 g/mol. The van der Waals surface area contributed by atoms with Crippen molar-refractivity contribution in [2.45, 2.75) is 45.7 Å². The molecule has 21 heavy (non-hydrogen) atoms. The van der Waals surface area contributed by atoms with Gasteiger partial charge in [-0.1, -0.05) is 6.92 Å². The highest BCUT2D eigenvalue weighted by Crippen LogP contribution is 2.27. The molecule has 0 aliphatic rings. The second kappa shape index (κ2) is 9.68. The second-order valence-corrected chi connectivity index (χ2v) is 4.68. The van der Waals surface area contributed by atoms with Gasteiger partial charge >= 0.3 is 0 Å². The lowest BCUT2D eigenvalue weighted by molar-refractivity contribution is 0.0141. The fourth-order valence-electron chi connectivity index (χ4n) is 2.17. The lowest BCUT2D eigenvalue weighted by atomic mass is 10.1. The molecule has 0 spiro atoms. The summed E-state index contributed by atoms with van der Waals surface area (Å²) in [7, 11) is 1.60. The Hall–Kier alpha value is -1.21. The van der Waals surface area contributed by atoms with Crippen LogP contribution in [0.4, 0.5) is 8.78 Å². The van der Waals surface area contributed by atoms with E-state index in [9.17, 15) is 8.78 Å². The van der Waals surface area contributed by atoms with Crippen LogP contribution in [0.1, 0.15) is 38.4 Å². The molecular formula is C14H25F2N3O2. The fraction of sp³-hybridized carbons (Fsp3) is 0.786. The Morgan fingerprint density at radius 2 is 2.14 bits per heavy atom. The zero-order valence-corrected chi connectivity index (χ0v) is 12.9. The van der Waals surface area contributed by atoms with E-state index < -0.39 is 13.0 Å². The van der Waals surface area contributed by atoms with E-state index in [1.165, 1.54) is 0 Å². The number of aromatic nitrogens is 2. The van der Waals surface area contributed by atoms with E-state index in [2.05, 4.69) is 17.3 Å². The summed E-state index contributed by atoms with van der Waals surface area (Å²) in [5, 5.41) is 7.68. The minimum absolute atomic E-state index is 0.0278. The largest absolute Gasteiger partial charge is 0.493 e. The maximum Gasteiger partial charge on any atom is 0.261 e. The Morgan fingerprint density at radius 3 is 2.71 bits per heavy atom. The van der Waals surface area contributed by atoms with Gasteiger partial charge < -0.3 is 14.8 Å². The maximum atomic E-state index is 12.1. The molecule has 0 saturated carbocycles. The number of halogens is 2. The van der Waals surface area contributed by atoms with Gasteiger partial charge in [-0.05, 0) is 26.3 Å². The Morgan fingerprint density at radius 1 is 1.38 bits per heavy atom. The molecule has 122 valence electrons. The highest BCUT2D eigenvalue weighted by Gasteiger charge is 2.21. The third-order valence-electron chi connectivity index (χ3n) is 3.13. The van der Waals surface area contributed by atoms with Crippen LogP contribution in [0.2, 0.25) is 0 Å². The summed E-state index contributed by atoms with van der Waals surface area (Å²) < 4.78 is 36.4. The van der Waals surface area contributed by atoms with Crippen LogP contribution in [0.3, 0.4) is 0 Å². The number of alkyl halides is 2. The Balaban J connectivity index is 2.73. The lowest BCUT2D eigenvalue weighted by Gasteiger charge is -2.21. The maximum absolute atomic E-state index is 12.1. The van der Waals surface area contributed by atoms with Gasteiger partial charge in [-0.2, -0.15) is 5.10 Å². The van der Waals surface area contributed by atoms with E-state index in [0.29, 0.717) is 12.2 Å². The molecule has 1 unspecified atom stereocenters. The van der Waals surface area contributed by atoms with E-state index in [4.69, 9.17) is 9.47 Å². The molecule has 1 aromatic rings. The van der Waals surface area contributed by atoms with Crippen molar-refractivity contribution < 1.29 is 18.3 Å². The molecular weight excluding hydrogens is 280 g/mol. The normalized spacial score (nSPS) is 12.9. The van der Waals surface area contributed by atoms with Crippen molar-refractivity contribution in [3.05, 3.63) is 11.9 Å². The summed E-state index contributed by atoms with van der Waals surface area (Å²) in [5.41, 5.74) is 0.939. The predicted molar refractivity (Wildman–Crippen MR) is 76.9 cm³/mol. The van der Waals surface area contributed by atoms with Crippen LogP contribution >= 0.6 is 0 Å². The van der Waals surface area contributed by atoms with Gasteiger partial charge in [-0.3, -0.25) is 4.68 Å². The molecule has 1 atom stereocenters. The zero-order valence-electron chi connectivity index (χ0n) is 12.9. The van der Waals surface area contributed by atoms with Gasteiger partial charge in [0.2, 0.25) is 0 Å². The lowest BCUT2D eigenvalue weighted by Crippen LogP contribution is -2.26. The minimum Gasteiger partial charge on any atom is -0.493 e. The number of hydrogen-bond donors (Lipinski definition) is 1. The Bertz CT molecular complexity index is 378. The van der Waals surface area contributed by atoms with E-state index in [1.807, 2.05) is 11.6 Å². The van der Waals surface area contributed by atoms with Gasteiger partial charge in [0.05, 0.1) is 25.0 Å². The number of nitrogens with zero attached hydrogens (tertiary/aromatic N) is 2. The van der Waals surface area contributed by atoms with Gasteiger partial charge in [0.15, 0.2) is 5.75 Å². The topological polar surface area (TPSA) is 48.3 Å². The highest BCUT2D eigenvalue weighted by molar-refractivity contribution is 5.28. The Labute approximate surface area is 124 Å². The standard InChI is InChI=1S/C14H25F2N3O2/c1-4-7-17-11(6-8-21-10-13(15)16)14-12(20-3)9-18-19(14)5-2/h9,11,13,17H,4-8,10H2,1-3H3. The number of rotatable bonds is 11. The summed E-state index contributed by atoms with van der Waals surface area (Å²) in [5.74, 6) is 0.708. The van der Waals surface area contributed by atoms with Gasteiger partial charge in [-0.15, -0.1) is 0 Å². The molecule has 7 heteroatoms. The number of ether oxygens (including phenoxy) is 2. The Kier molecular flexibility index (Phi) is 8.22. The van der Waals surface area contributed by atoms with E-state index in [0.717, 1.165) is 25.2 Å². The molecule has 1 N–H and O–H groups in total. The van der Waals surface area contributed by atoms with Crippen molar-refractivity contribution in [1.29, 1.82) is 0 Å². The molecule has 0 aromatic carbocycles. The van der Waals surface area contributed by atoms with Crippen LogP contribution in [0, 0.1) is 0 Å². The van der Waals surface area contributed by atoms with Gasteiger partial charge in [-0.25, -0.2) is 8.78 Å². The first-order chi connectivity index (χ1) is 10.1. The van der Waals surface area contributed by atoms with Crippen molar-refractivity contribution in [3.8, 4) is 5.75 Å². The predicted octanol–water partition coefficient (Wildman–Crippen LogP) is 2.62. The number of nitrogens with one attached hydrogen (secondary N) is 1. The molecule has 0 amide bonds. The van der Waals surface area contributed by atoms with E-state index >= 15 is 0 Å². The summed E-state index contributed by atoms with van der Waals surface area (Å²) in [6.45, 7) is 5.37. The van der Waals surface area contributed by atoms with Crippen LogP contribution in [0.25, 0.3) is 0 Å². The molecule has 5 nitrogen and oxygen atoms in total. The SMILES string of the molecule is CCCNC(CCOCC(F)F)c1c(OC)cnn1CC. The third kappa shape index (κ3) is 5.59. The monoisotopic (exact) mass is 305 g/mol. The average Bonchev–Trinajstić information content (AvgIpc) is 2.89. The van der Waals surface area contributed by atoms with Crippen LogP contribution in [-0.2, 0) is 11.3 Å². The first-order valence-corrected chi connectivity index (χ1v) is 7.32. The van der Waals surface area contributed by atoms with Crippen molar-refractivity contribution in [3.63, 3.8) is 0 Å². The summed E-state index contributed by atoms with van der Waals surface area (Å²) in [6, 6.07) is -0.0278. The molecule has 1 heterocycles. The van der Waals surface area contributed by atoms with E-state index in [1.54, 1.807) is 13.3 Å². The van der Waals surface area contributed by atoms with Crippen LogP contribution in [0.5, 0.6) is 5.75 Å². The molecule has 1 aromatic heterocycles. The molecule has 0 aliphatic carbocycles. The summed E-state index contributed by atoms with van der Waals surface area (Å²) in [4.78, 5) is 0. The molecule has 0 bridgehead atoms. The second-order valence-electron chi connectivity index (χ2n) is 4.68. The van der Waals surface area contributed by atoms with Crippen LogP contribution < -0.4 is 10.1 Å². The minimum atomic E-state index is -2.43. The van der Waals surface area contributed by atoms with Gasteiger partial charge in [0, 0.05) is 13.2 Å². The molecule has 0 fully saturated rings. The van der Waals surface area contributed by atoms with Crippen molar-refractivity contribution in [1.82, 2.24) is 15.1 Å². The number of aryl methyl sites for hydroxylation is 1. The zero-order chi connectivity index (χ0) is 15.7. The number of hydrogen-bond acceptors (Lipinski definition) is 4. The molecule has 0 aliphatic heterocycles. The smallest absolute Gasteiger partial charge is 0.261 e. The van der Waals surface area contributed by atoms with Gasteiger partial charge in [0.25, 0.3) is 6.43 Å². The van der Waals surface area contributed by atoms with Crippen molar-refractivity contribution >= 4 is 0 Å². The first-order valence-electron chi connectivity index (χ1n) is 7.32. The molecule has 0 radical (unpaired) electrons. The van der Waals surface area contributed by atoms with Crippen LogP contribution in [-0.4, -0.2) is 43.1 Å². The highest BCUT2D eigenvalue weighted by atomic mass is 19.3. The van der Waals surface area contributed by atoms with E-state index in [-0.39, 0.29) is 12.6 Å². The quantitative estimate of drug-likeness (QED) is 0.639. The summed E-state index contributed by atoms with van der Waals surface area (Å²) in [6.07, 6.45) is 0.827. The third-order valence-corrected chi connectivity index (χ3v) is 3.13. The first kappa shape index (κ1) is 17.8. The molecule has 0 saturated heterocycles. The van der Waals surface area contributed by atoms with Crippen molar-refractivity contribution in [2.75, 3.05) is 26.9 Å². The molecule has 1 rings (SSSR count).